The van der Waals surface area contributed by atoms with Crippen molar-refractivity contribution in [3.05, 3.63) is 75.3 Å². The molecule has 5 nitrogen and oxygen atoms in total. The summed E-state index contributed by atoms with van der Waals surface area (Å²) in [6, 6.07) is 15.2. The zero-order valence-corrected chi connectivity index (χ0v) is 11.6. The van der Waals surface area contributed by atoms with Gasteiger partial charge in [0.1, 0.15) is 0 Å². The van der Waals surface area contributed by atoms with Crippen LogP contribution in [0.25, 0.3) is 0 Å². The smallest absolute Gasteiger partial charge is 0.269 e. The van der Waals surface area contributed by atoms with Crippen molar-refractivity contribution in [3.8, 4) is 0 Å². The molecule has 1 heterocycles. The lowest BCUT2D eigenvalue weighted by atomic mass is 10.1. The number of benzene rings is 2. The minimum absolute atomic E-state index is 0.120. The standard InChI is InChI=1S/C16H16N2O3/c19-18(20)16-7-6-14-11-17(21-12-15(14)10-16)9-8-13-4-2-1-3-5-13/h1-7,10H,8-9,11-12H2. The van der Waals surface area contributed by atoms with Gasteiger partial charge in [-0.05, 0) is 23.1 Å². The Hall–Kier alpha value is -2.24. The van der Waals surface area contributed by atoms with E-state index in [1.165, 1.54) is 5.56 Å². The van der Waals surface area contributed by atoms with Gasteiger partial charge in [-0.25, -0.2) is 0 Å². The molecule has 21 heavy (non-hydrogen) atoms. The van der Waals surface area contributed by atoms with Crippen LogP contribution in [-0.2, 0) is 24.4 Å². The summed E-state index contributed by atoms with van der Waals surface area (Å²) >= 11 is 0. The maximum Gasteiger partial charge on any atom is 0.269 e. The first-order valence-corrected chi connectivity index (χ1v) is 6.90. The highest BCUT2D eigenvalue weighted by Gasteiger charge is 2.19. The molecule has 108 valence electrons. The molecule has 2 aromatic rings. The average Bonchev–Trinajstić information content (AvgIpc) is 2.53. The van der Waals surface area contributed by atoms with Gasteiger partial charge in [-0.15, -0.1) is 0 Å². The number of hydroxylamine groups is 2. The van der Waals surface area contributed by atoms with Crippen molar-refractivity contribution < 1.29 is 9.76 Å². The molecule has 0 radical (unpaired) electrons. The third-order valence-electron chi connectivity index (χ3n) is 3.64. The van der Waals surface area contributed by atoms with Crippen LogP contribution >= 0.6 is 0 Å². The predicted molar refractivity (Wildman–Crippen MR) is 78.4 cm³/mol. The Labute approximate surface area is 122 Å². The van der Waals surface area contributed by atoms with E-state index in [0.29, 0.717) is 13.2 Å². The summed E-state index contributed by atoms with van der Waals surface area (Å²) in [6.07, 6.45) is 0.920. The summed E-state index contributed by atoms with van der Waals surface area (Å²) in [5.74, 6) is 0. The van der Waals surface area contributed by atoms with E-state index in [0.717, 1.165) is 24.1 Å². The molecule has 0 saturated carbocycles. The number of fused-ring (bicyclic) bond motifs is 1. The van der Waals surface area contributed by atoms with Gasteiger partial charge < -0.3 is 0 Å². The van der Waals surface area contributed by atoms with Gasteiger partial charge in [-0.3, -0.25) is 15.0 Å². The topological polar surface area (TPSA) is 55.6 Å². The van der Waals surface area contributed by atoms with Crippen LogP contribution in [-0.4, -0.2) is 16.5 Å². The van der Waals surface area contributed by atoms with Crippen molar-refractivity contribution in [2.45, 2.75) is 19.6 Å². The van der Waals surface area contributed by atoms with Crippen LogP contribution in [0.4, 0.5) is 5.69 Å². The SMILES string of the molecule is O=[N+]([O-])c1ccc2c(c1)CON(CCc1ccccc1)C2. The second-order valence-electron chi connectivity index (χ2n) is 5.08. The fourth-order valence-electron chi connectivity index (χ4n) is 2.45. The Morgan fingerprint density at radius 3 is 2.71 bits per heavy atom. The summed E-state index contributed by atoms with van der Waals surface area (Å²) in [4.78, 5) is 16.1. The molecule has 0 atom stereocenters. The number of hydrogen-bond acceptors (Lipinski definition) is 4. The van der Waals surface area contributed by atoms with E-state index in [4.69, 9.17) is 4.84 Å². The van der Waals surface area contributed by atoms with Crippen molar-refractivity contribution in [1.82, 2.24) is 5.06 Å². The zero-order chi connectivity index (χ0) is 14.7. The van der Waals surface area contributed by atoms with E-state index in [1.54, 1.807) is 12.1 Å². The first kappa shape index (κ1) is 13.7. The monoisotopic (exact) mass is 284 g/mol. The Morgan fingerprint density at radius 2 is 1.95 bits per heavy atom. The molecule has 0 spiro atoms. The van der Waals surface area contributed by atoms with E-state index < -0.39 is 0 Å². The molecule has 0 N–H and O–H groups in total. The summed E-state index contributed by atoms with van der Waals surface area (Å²) in [7, 11) is 0. The van der Waals surface area contributed by atoms with Crippen LogP contribution in [0.15, 0.2) is 48.5 Å². The molecule has 0 amide bonds. The fourth-order valence-corrected chi connectivity index (χ4v) is 2.45. The summed E-state index contributed by atoms with van der Waals surface area (Å²) in [5.41, 5.74) is 3.39. The Bertz CT molecular complexity index is 643. The highest BCUT2D eigenvalue weighted by atomic mass is 16.7. The van der Waals surface area contributed by atoms with E-state index in [2.05, 4.69) is 12.1 Å². The van der Waals surface area contributed by atoms with Gasteiger partial charge in [0.2, 0.25) is 0 Å². The van der Waals surface area contributed by atoms with Crippen LogP contribution in [0.5, 0.6) is 0 Å². The molecular formula is C16H16N2O3. The molecule has 0 bridgehead atoms. The van der Waals surface area contributed by atoms with Gasteiger partial charge >= 0.3 is 0 Å². The predicted octanol–water partition coefficient (Wildman–Crippen LogP) is 3.08. The van der Waals surface area contributed by atoms with Crippen molar-refractivity contribution in [3.63, 3.8) is 0 Å². The van der Waals surface area contributed by atoms with Crippen LogP contribution in [0, 0.1) is 10.1 Å². The van der Waals surface area contributed by atoms with Crippen molar-refractivity contribution in [2.24, 2.45) is 0 Å². The third kappa shape index (κ3) is 3.26. The molecule has 3 rings (SSSR count). The van der Waals surface area contributed by atoms with Gasteiger partial charge in [0.25, 0.3) is 5.69 Å². The summed E-state index contributed by atoms with van der Waals surface area (Å²) < 4.78 is 0. The van der Waals surface area contributed by atoms with Crippen molar-refractivity contribution >= 4 is 5.69 Å². The minimum Gasteiger partial charge on any atom is -0.294 e. The van der Waals surface area contributed by atoms with Crippen LogP contribution in [0.2, 0.25) is 0 Å². The van der Waals surface area contributed by atoms with E-state index in [1.807, 2.05) is 29.3 Å². The Kier molecular flexibility index (Phi) is 3.94. The molecule has 2 aromatic carbocycles. The van der Waals surface area contributed by atoms with Gasteiger partial charge in [-0.2, -0.15) is 5.06 Å². The maximum absolute atomic E-state index is 10.8. The number of non-ortho nitro benzene ring substituents is 1. The van der Waals surface area contributed by atoms with Gasteiger partial charge in [0, 0.05) is 25.2 Å². The number of nitro benzene ring substituents is 1. The van der Waals surface area contributed by atoms with E-state index in [-0.39, 0.29) is 10.6 Å². The molecule has 0 aromatic heterocycles. The number of hydrogen-bond donors (Lipinski definition) is 0. The molecule has 0 saturated heterocycles. The third-order valence-corrected chi connectivity index (χ3v) is 3.64. The molecule has 1 aliphatic heterocycles. The highest BCUT2D eigenvalue weighted by Crippen LogP contribution is 2.24. The lowest BCUT2D eigenvalue weighted by Crippen LogP contribution is -2.30. The van der Waals surface area contributed by atoms with Gasteiger partial charge in [-0.1, -0.05) is 36.4 Å². The maximum atomic E-state index is 10.8. The molecule has 0 unspecified atom stereocenters. The quantitative estimate of drug-likeness (QED) is 0.639. The second-order valence-corrected chi connectivity index (χ2v) is 5.08. The Morgan fingerprint density at radius 1 is 1.14 bits per heavy atom. The zero-order valence-electron chi connectivity index (χ0n) is 11.6. The molecule has 0 fully saturated rings. The first-order valence-electron chi connectivity index (χ1n) is 6.90. The van der Waals surface area contributed by atoms with Crippen molar-refractivity contribution in [2.75, 3.05) is 6.54 Å². The lowest BCUT2D eigenvalue weighted by Gasteiger charge is -2.28. The first-order chi connectivity index (χ1) is 10.2. The highest BCUT2D eigenvalue weighted by molar-refractivity contribution is 5.40. The molecular weight excluding hydrogens is 268 g/mol. The van der Waals surface area contributed by atoms with E-state index in [9.17, 15) is 10.1 Å². The van der Waals surface area contributed by atoms with Gasteiger partial charge in [0.05, 0.1) is 11.5 Å². The largest absolute Gasteiger partial charge is 0.294 e. The number of rotatable bonds is 4. The van der Waals surface area contributed by atoms with E-state index >= 15 is 0 Å². The molecule has 5 heteroatoms. The molecule has 1 aliphatic rings. The van der Waals surface area contributed by atoms with Crippen LogP contribution in [0.3, 0.4) is 0 Å². The van der Waals surface area contributed by atoms with Crippen LogP contribution < -0.4 is 0 Å². The van der Waals surface area contributed by atoms with Crippen molar-refractivity contribution in [1.29, 1.82) is 0 Å². The summed E-state index contributed by atoms with van der Waals surface area (Å²) in [6.45, 7) is 1.87. The summed E-state index contributed by atoms with van der Waals surface area (Å²) in [5, 5.41) is 12.7. The normalized spacial score (nSPS) is 14.7. The number of nitro groups is 1. The average molecular weight is 284 g/mol. The Balaban J connectivity index is 1.63. The van der Waals surface area contributed by atoms with Gasteiger partial charge in [0.15, 0.2) is 0 Å². The molecule has 0 aliphatic carbocycles. The lowest BCUT2D eigenvalue weighted by molar-refractivity contribution is -0.385. The second kappa shape index (κ2) is 6.03. The number of nitrogens with zero attached hydrogens (tertiary/aromatic N) is 2. The van der Waals surface area contributed by atoms with Crippen LogP contribution in [0.1, 0.15) is 16.7 Å². The minimum atomic E-state index is -0.373. The fraction of sp³-hybridized carbons (Fsp3) is 0.250.